The molecule has 154 valence electrons. The first-order chi connectivity index (χ1) is 14.5. The Morgan fingerprint density at radius 2 is 1.97 bits per heavy atom. The number of ether oxygens (including phenoxy) is 2. The van der Waals surface area contributed by atoms with E-state index in [1.807, 2.05) is 62.5 Å². The Bertz CT molecular complexity index is 1080. The van der Waals surface area contributed by atoms with Crippen LogP contribution in [0.4, 0.5) is 0 Å². The summed E-state index contributed by atoms with van der Waals surface area (Å²) in [6, 6.07) is 13.7. The summed E-state index contributed by atoms with van der Waals surface area (Å²) in [6.45, 7) is 6.03. The third-order valence-electron chi connectivity index (χ3n) is 4.95. The normalized spacial score (nSPS) is 10.9. The number of carbonyl (C=O) groups excluding carboxylic acids is 1. The van der Waals surface area contributed by atoms with Crippen molar-refractivity contribution in [1.29, 1.82) is 0 Å². The smallest absolute Gasteiger partial charge is 0.189 e. The van der Waals surface area contributed by atoms with Crippen LogP contribution in [0, 0.1) is 6.92 Å². The lowest BCUT2D eigenvalue weighted by Crippen LogP contribution is -2.01. The topological polar surface area (TPSA) is 53.3 Å². The summed E-state index contributed by atoms with van der Waals surface area (Å²) in [5.41, 5.74) is 4.32. The van der Waals surface area contributed by atoms with Crippen LogP contribution in [0.3, 0.4) is 0 Å². The highest BCUT2D eigenvalue weighted by atomic mass is 16.5. The summed E-state index contributed by atoms with van der Waals surface area (Å²) < 4.78 is 13.2. The third kappa shape index (κ3) is 4.87. The van der Waals surface area contributed by atoms with Crippen LogP contribution in [0.2, 0.25) is 0 Å². The summed E-state index contributed by atoms with van der Waals surface area (Å²) >= 11 is 0. The summed E-state index contributed by atoms with van der Waals surface area (Å²) in [7, 11) is 3.45. The molecule has 0 bridgehead atoms. The Labute approximate surface area is 177 Å². The highest BCUT2D eigenvalue weighted by Gasteiger charge is 2.11. The van der Waals surface area contributed by atoms with E-state index < -0.39 is 0 Å². The van der Waals surface area contributed by atoms with Crippen molar-refractivity contribution >= 4 is 11.9 Å². The van der Waals surface area contributed by atoms with Gasteiger partial charge in [-0.25, -0.2) is 0 Å². The van der Waals surface area contributed by atoms with Crippen molar-refractivity contribution in [3.8, 4) is 11.5 Å². The molecule has 5 heteroatoms. The quantitative estimate of drug-likeness (QED) is 0.289. The van der Waals surface area contributed by atoms with Crippen LogP contribution in [-0.2, 0) is 20.1 Å². The van der Waals surface area contributed by atoms with Gasteiger partial charge in [0.05, 0.1) is 18.9 Å². The van der Waals surface area contributed by atoms with E-state index in [0.29, 0.717) is 12.2 Å². The van der Waals surface area contributed by atoms with Crippen LogP contribution in [-0.4, -0.2) is 22.7 Å². The molecule has 1 aromatic heterocycles. The van der Waals surface area contributed by atoms with Crippen molar-refractivity contribution in [3.63, 3.8) is 0 Å². The standard InChI is InChI=1S/C25H26N2O3/c1-5-8-20-9-6-7-10-25(20)30-17-21-15-19(12-14-24(21)29-4)11-13-23(28)22-16-26-27(3)18(22)2/h5-7,9-16H,1,8,17H2,2-4H3/b13-11+. The number of hydrogen-bond acceptors (Lipinski definition) is 4. The van der Waals surface area contributed by atoms with E-state index in [1.54, 1.807) is 30.1 Å². The van der Waals surface area contributed by atoms with Crippen LogP contribution >= 0.6 is 0 Å². The number of carbonyl (C=O) groups is 1. The lowest BCUT2D eigenvalue weighted by molar-refractivity contribution is 0.104. The Hall–Kier alpha value is -3.60. The zero-order valence-corrected chi connectivity index (χ0v) is 17.6. The van der Waals surface area contributed by atoms with Crippen molar-refractivity contribution in [2.24, 2.45) is 7.05 Å². The van der Waals surface area contributed by atoms with Gasteiger partial charge in [0.2, 0.25) is 0 Å². The molecule has 0 saturated carbocycles. The molecule has 3 rings (SSSR count). The fourth-order valence-electron chi connectivity index (χ4n) is 3.14. The van der Waals surface area contributed by atoms with Gasteiger partial charge in [0.15, 0.2) is 5.78 Å². The summed E-state index contributed by atoms with van der Waals surface area (Å²) in [6.07, 6.45) is 7.55. The van der Waals surface area contributed by atoms with E-state index in [-0.39, 0.29) is 5.78 Å². The van der Waals surface area contributed by atoms with Gasteiger partial charge in [0, 0.05) is 18.3 Å². The van der Waals surface area contributed by atoms with Crippen molar-refractivity contribution in [2.45, 2.75) is 20.0 Å². The molecule has 0 spiro atoms. The Morgan fingerprint density at radius 1 is 1.17 bits per heavy atom. The lowest BCUT2D eigenvalue weighted by Gasteiger charge is -2.13. The minimum atomic E-state index is -0.0763. The van der Waals surface area contributed by atoms with Gasteiger partial charge < -0.3 is 9.47 Å². The SMILES string of the molecule is C=CCc1ccccc1OCc1cc(/C=C/C(=O)c2cnn(C)c2C)ccc1OC. The van der Waals surface area contributed by atoms with Gasteiger partial charge >= 0.3 is 0 Å². The van der Waals surface area contributed by atoms with Gasteiger partial charge in [-0.05, 0) is 48.7 Å². The molecule has 0 fully saturated rings. The van der Waals surface area contributed by atoms with Crippen molar-refractivity contribution in [3.05, 3.63) is 95.3 Å². The fourth-order valence-corrected chi connectivity index (χ4v) is 3.14. The second kappa shape index (κ2) is 9.74. The number of ketones is 1. The van der Waals surface area contributed by atoms with Gasteiger partial charge in [-0.2, -0.15) is 5.10 Å². The Kier molecular flexibility index (Phi) is 6.86. The maximum atomic E-state index is 12.5. The van der Waals surface area contributed by atoms with Crippen LogP contribution in [0.25, 0.3) is 6.08 Å². The molecule has 0 aliphatic carbocycles. The molecular weight excluding hydrogens is 376 g/mol. The Morgan fingerprint density at radius 3 is 2.67 bits per heavy atom. The zero-order valence-electron chi connectivity index (χ0n) is 17.6. The molecule has 0 radical (unpaired) electrons. The monoisotopic (exact) mass is 402 g/mol. The zero-order chi connectivity index (χ0) is 21.5. The largest absolute Gasteiger partial charge is 0.496 e. The maximum absolute atomic E-state index is 12.5. The first kappa shape index (κ1) is 21.1. The fraction of sp³-hybridized carbons (Fsp3) is 0.200. The minimum absolute atomic E-state index is 0.0763. The van der Waals surface area contributed by atoms with Crippen molar-refractivity contribution < 1.29 is 14.3 Å². The van der Waals surface area contributed by atoms with Gasteiger partial charge in [0.25, 0.3) is 0 Å². The van der Waals surface area contributed by atoms with Crippen LogP contribution in [0.15, 0.2) is 67.4 Å². The minimum Gasteiger partial charge on any atom is -0.496 e. The molecule has 5 nitrogen and oxygen atoms in total. The molecular formula is C25H26N2O3. The van der Waals surface area contributed by atoms with E-state index in [0.717, 1.165) is 40.3 Å². The molecule has 0 aliphatic heterocycles. The Balaban J connectivity index is 1.78. The molecule has 0 amide bonds. The summed E-state index contributed by atoms with van der Waals surface area (Å²) in [5.74, 6) is 1.48. The second-order valence-corrected chi connectivity index (χ2v) is 6.93. The second-order valence-electron chi connectivity index (χ2n) is 6.93. The van der Waals surface area contributed by atoms with Gasteiger partial charge in [-0.1, -0.05) is 36.4 Å². The number of aryl methyl sites for hydroxylation is 1. The van der Waals surface area contributed by atoms with E-state index in [9.17, 15) is 4.79 Å². The maximum Gasteiger partial charge on any atom is 0.189 e. The predicted octanol–water partition coefficient (Wildman–Crippen LogP) is 4.94. The van der Waals surface area contributed by atoms with E-state index in [1.165, 1.54) is 0 Å². The molecule has 0 unspecified atom stereocenters. The third-order valence-corrected chi connectivity index (χ3v) is 4.95. The lowest BCUT2D eigenvalue weighted by atomic mass is 10.1. The number of benzene rings is 2. The number of rotatable bonds is 9. The number of allylic oxidation sites excluding steroid dienone is 2. The first-order valence-corrected chi connectivity index (χ1v) is 9.73. The molecule has 2 aromatic carbocycles. The molecule has 1 heterocycles. The molecule has 0 N–H and O–H groups in total. The molecule has 0 atom stereocenters. The molecule has 0 saturated heterocycles. The number of hydrogen-bond donors (Lipinski definition) is 0. The number of aromatic nitrogens is 2. The number of para-hydroxylation sites is 1. The van der Waals surface area contributed by atoms with E-state index >= 15 is 0 Å². The van der Waals surface area contributed by atoms with E-state index in [4.69, 9.17) is 9.47 Å². The average molecular weight is 402 g/mol. The molecule has 30 heavy (non-hydrogen) atoms. The highest BCUT2D eigenvalue weighted by molar-refractivity contribution is 6.07. The summed E-state index contributed by atoms with van der Waals surface area (Å²) in [5, 5.41) is 4.13. The average Bonchev–Trinajstić information content (AvgIpc) is 3.10. The van der Waals surface area contributed by atoms with E-state index in [2.05, 4.69) is 11.7 Å². The molecule has 3 aromatic rings. The van der Waals surface area contributed by atoms with Gasteiger partial charge in [0.1, 0.15) is 18.1 Å². The number of methoxy groups -OCH3 is 1. The predicted molar refractivity (Wildman–Crippen MR) is 119 cm³/mol. The van der Waals surface area contributed by atoms with Gasteiger partial charge in [-0.3, -0.25) is 9.48 Å². The number of nitrogens with zero attached hydrogens (tertiary/aromatic N) is 2. The first-order valence-electron chi connectivity index (χ1n) is 9.73. The van der Waals surface area contributed by atoms with Crippen LogP contribution in [0.1, 0.15) is 32.7 Å². The van der Waals surface area contributed by atoms with Crippen molar-refractivity contribution in [1.82, 2.24) is 9.78 Å². The highest BCUT2D eigenvalue weighted by Crippen LogP contribution is 2.25. The van der Waals surface area contributed by atoms with Gasteiger partial charge in [-0.15, -0.1) is 6.58 Å². The van der Waals surface area contributed by atoms with Crippen LogP contribution in [0.5, 0.6) is 11.5 Å². The summed E-state index contributed by atoms with van der Waals surface area (Å²) in [4.78, 5) is 12.5. The van der Waals surface area contributed by atoms with Crippen LogP contribution < -0.4 is 9.47 Å². The molecule has 0 aliphatic rings. The van der Waals surface area contributed by atoms with Crippen molar-refractivity contribution in [2.75, 3.05) is 7.11 Å².